The average Bonchev–Trinajstić information content (AvgIpc) is 2.54. The molecule has 0 heterocycles. The van der Waals surface area contributed by atoms with Crippen molar-refractivity contribution in [2.45, 2.75) is 44.1 Å². The van der Waals surface area contributed by atoms with Gasteiger partial charge in [-0.3, -0.25) is 0 Å². The van der Waals surface area contributed by atoms with E-state index in [9.17, 15) is 0 Å². The fourth-order valence-corrected chi connectivity index (χ4v) is 3.13. The van der Waals surface area contributed by atoms with Crippen LogP contribution in [0.25, 0.3) is 0 Å². The van der Waals surface area contributed by atoms with E-state index in [1.807, 2.05) is 6.07 Å². The quantitative estimate of drug-likeness (QED) is 0.637. The zero-order valence-corrected chi connectivity index (χ0v) is 13.0. The molecule has 1 aromatic rings. The molecule has 1 aromatic carbocycles. The Morgan fingerprint density at radius 1 is 1.29 bits per heavy atom. The van der Waals surface area contributed by atoms with Crippen LogP contribution in [0, 0.1) is 0 Å². The molecule has 0 saturated heterocycles. The lowest BCUT2D eigenvalue weighted by atomic mass is 9.77. The third-order valence-electron chi connectivity index (χ3n) is 4.54. The van der Waals surface area contributed by atoms with Crippen molar-refractivity contribution in [2.75, 3.05) is 26.8 Å². The second kappa shape index (κ2) is 7.78. The Bertz CT molecular complexity index is 450. The minimum atomic E-state index is 0.0125. The van der Waals surface area contributed by atoms with Crippen LogP contribution in [0.2, 0.25) is 0 Å². The van der Waals surface area contributed by atoms with E-state index in [-0.39, 0.29) is 12.1 Å². The first-order valence-corrected chi connectivity index (χ1v) is 7.95. The molecule has 0 radical (unpaired) electrons. The summed E-state index contributed by atoms with van der Waals surface area (Å²) in [6.07, 6.45) is 6.16. The highest BCUT2D eigenvalue weighted by molar-refractivity contribution is 5.39. The first-order chi connectivity index (χ1) is 10.2. The summed E-state index contributed by atoms with van der Waals surface area (Å²) in [6, 6.07) is 6.36. The van der Waals surface area contributed by atoms with E-state index < -0.39 is 0 Å². The number of aliphatic hydroxyl groups excluding tert-OH is 1. The summed E-state index contributed by atoms with van der Waals surface area (Å²) in [6.45, 7) is 1.91. The zero-order valence-electron chi connectivity index (χ0n) is 13.0. The summed E-state index contributed by atoms with van der Waals surface area (Å²) in [4.78, 5) is 0. The topological polar surface area (TPSA) is 67.5 Å². The first-order valence-electron chi connectivity index (χ1n) is 7.95. The van der Waals surface area contributed by atoms with Gasteiger partial charge in [0.15, 0.2) is 0 Å². The molecule has 4 heteroatoms. The monoisotopic (exact) mass is 292 g/mol. The first kappa shape index (κ1) is 16.3. The third kappa shape index (κ3) is 4.19. The van der Waals surface area contributed by atoms with Gasteiger partial charge in [-0.15, -0.1) is 0 Å². The molecule has 1 aliphatic rings. The van der Waals surface area contributed by atoms with Crippen LogP contribution in [-0.2, 0) is 12.8 Å². The molecule has 0 aromatic heterocycles. The largest absolute Gasteiger partial charge is 0.497 e. The number of aliphatic hydroxyl groups is 1. The molecule has 1 aliphatic carbocycles. The van der Waals surface area contributed by atoms with E-state index in [0.717, 1.165) is 50.8 Å². The molecule has 0 amide bonds. The highest BCUT2D eigenvalue weighted by atomic mass is 16.5. The van der Waals surface area contributed by atoms with E-state index in [4.69, 9.17) is 15.6 Å². The number of hydrogen-bond donors (Lipinski definition) is 3. The van der Waals surface area contributed by atoms with Gasteiger partial charge in [0.2, 0.25) is 0 Å². The summed E-state index contributed by atoms with van der Waals surface area (Å²) in [5.74, 6) is 0.921. The molecule has 118 valence electrons. The lowest BCUT2D eigenvalue weighted by Crippen LogP contribution is -2.55. The number of hydrogen-bond acceptors (Lipinski definition) is 4. The predicted molar refractivity (Wildman–Crippen MR) is 85.7 cm³/mol. The van der Waals surface area contributed by atoms with Crippen molar-refractivity contribution in [1.29, 1.82) is 0 Å². The lowest BCUT2D eigenvalue weighted by molar-refractivity contribution is 0.272. The molecule has 2 rings (SSSR count). The highest BCUT2D eigenvalue weighted by Crippen LogP contribution is 2.30. The number of rotatable bonds is 8. The van der Waals surface area contributed by atoms with Crippen molar-refractivity contribution in [3.05, 3.63) is 29.3 Å². The maximum absolute atomic E-state index is 8.82. The minimum absolute atomic E-state index is 0.0125. The Labute approximate surface area is 127 Å². The number of nitrogens with two attached hydrogens (primary N) is 1. The Morgan fingerprint density at radius 3 is 2.86 bits per heavy atom. The van der Waals surface area contributed by atoms with E-state index >= 15 is 0 Å². The molecule has 1 unspecified atom stereocenters. The third-order valence-corrected chi connectivity index (χ3v) is 4.54. The van der Waals surface area contributed by atoms with Crippen molar-refractivity contribution >= 4 is 0 Å². The lowest BCUT2D eigenvalue weighted by Gasteiger charge is -2.38. The van der Waals surface area contributed by atoms with E-state index in [1.54, 1.807) is 7.11 Å². The summed E-state index contributed by atoms with van der Waals surface area (Å²) in [7, 11) is 1.71. The van der Waals surface area contributed by atoms with Gasteiger partial charge >= 0.3 is 0 Å². The summed E-state index contributed by atoms with van der Waals surface area (Å²) < 4.78 is 5.33. The van der Waals surface area contributed by atoms with E-state index in [2.05, 4.69) is 17.4 Å². The van der Waals surface area contributed by atoms with Crippen molar-refractivity contribution in [1.82, 2.24) is 5.32 Å². The molecular weight excluding hydrogens is 264 g/mol. The molecule has 0 spiro atoms. The van der Waals surface area contributed by atoms with E-state index in [0.29, 0.717) is 6.54 Å². The maximum Gasteiger partial charge on any atom is 0.119 e. The minimum Gasteiger partial charge on any atom is -0.497 e. The zero-order chi connectivity index (χ0) is 15.1. The van der Waals surface area contributed by atoms with Gasteiger partial charge in [-0.2, -0.15) is 0 Å². The van der Waals surface area contributed by atoms with Gasteiger partial charge in [0.05, 0.1) is 7.11 Å². The van der Waals surface area contributed by atoms with Gasteiger partial charge in [0.1, 0.15) is 5.75 Å². The van der Waals surface area contributed by atoms with Crippen molar-refractivity contribution in [3.63, 3.8) is 0 Å². The summed E-state index contributed by atoms with van der Waals surface area (Å²) in [5, 5.41) is 12.5. The van der Waals surface area contributed by atoms with Crippen LogP contribution in [0.3, 0.4) is 0 Å². The van der Waals surface area contributed by atoms with Crippen LogP contribution in [0.15, 0.2) is 18.2 Å². The number of fused-ring (bicyclic) bond motifs is 1. The second-order valence-corrected chi connectivity index (χ2v) is 6.01. The van der Waals surface area contributed by atoms with Crippen LogP contribution in [-0.4, -0.2) is 37.5 Å². The fourth-order valence-electron chi connectivity index (χ4n) is 3.13. The Hall–Kier alpha value is -1.10. The summed E-state index contributed by atoms with van der Waals surface area (Å²) >= 11 is 0. The van der Waals surface area contributed by atoms with E-state index in [1.165, 1.54) is 11.1 Å². The average molecular weight is 292 g/mol. The smallest absolute Gasteiger partial charge is 0.119 e. The molecule has 0 aliphatic heterocycles. The van der Waals surface area contributed by atoms with Crippen LogP contribution >= 0.6 is 0 Å². The van der Waals surface area contributed by atoms with Crippen LogP contribution in [0.1, 0.15) is 36.8 Å². The number of ether oxygens (including phenoxy) is 1. The number of nitrogens with one attached hydrogen (secondary N) is 1. The molecular formula is C17H28N2O2. The Kier molecular flexibility index (Phi) is 6.03. The van der Waals surface area contributed by atoms with Crippen LogP contribution in [0.4, 0.5) is 0 Å². The normalized spacial score (nSPS) is 21.1. The fraction of sp³-hybridized carbons (Fsp3) is 0.647. The van der Waals surface area contributed by atoms with Gasteiger partial charge in [0, 0.05) is 18.7 Å². The Morgan fingerprint density at radius 2 is 2.14 bits per heavy atom. The number of unbranched alkanes of at least 4 members (excludes halogenated alkanes) is 2. The van der Waals surface area contributed by atoms with Gasteiger partial charge < -0.3 is 20.9 Å². The standard InChI is InChI=1S/C17H28N2O2/c1-21-16-6-5-14-7-8-17(13-18,12-15(14)11-16)19-9-3-2-4-10-20/h5-6,11,19-20H,2-4,7-10,12-13,18H2,1H3. The highest BCUT2D eigenvalue weighted by Gasteiger charge is 2.32. The second-order valence-electron chi connectivity index (χ2n) is 6.01. The van der Waals surface area contributed by atoms with Crippen LogP contribution < -0.4 is 15.8 Å². The SMILES string of the molecule is COc1ccc2c(c1)CC(CN)(NCCCCCO)CC2. The molecule has 4 N–H and O–H groups in total. The number of benzene rings is 1. The van der Waals surface area contributed by atoms with Crippen molar-refractivity contribution in [3.8, 4) is 5.75 Å². The molecule has 21 heavy (non-hydrogen) atoms. The van der Waals surface area contributed by atoms with Crippen LogP contribution in [0.5, 0.6) is 5.75 Å². The van der Waals surface area contributed by atoms with Gasteiger partial charge in [-0.05, 0) is 68.3 Å². The number of aryl methyl sites for hydroxylation is 1. The maximum atomic E-state index is 8.82. The van der Waals surface area contributed by atoms with Gasteiger partial charge in [0.25, 0.3) is 0 Å². The number of methoxy groups -OCH3 is 1. The van der Waals surface area contributed by atoms with Crippen molar-refractivity contribution in [2.24, 2.45) is 5.73 Å². The molecule has 0 saturated carbocycles. The molecule has 0 fully saturated rings. The van der Waals surface area contributed by atoms with Gasteiger partial charge in [-0.25, -0.2) is 0 Å². The van der Waals surface area contributed by atoms with Crippen molar-refractivity contribution < 1.29 is 9.84 Å². The summed E-state index contributed by atoms with van der Waals surface area (Å²) in [5.41, 5.74) is 8.86. The van der Waals surface area contributed by atoms with Gasteiger partial charge in [-0.1, -0.05) is 6.07 Å². The predicted octanol–water partition coefficient (Wildman–Crippen LogP) is 1.63. The molecule has 1 atom stereocenters. The molecule has 4 nitrogen and oxygen atoms in total. The Balaban J connectivity index is 1.97. The molecule has 0 bridgehead atoms.